The number of carbonyl (C=O) groups excluding carboxylic acids is 1. The molecule has 0 bridgehead atoms. The summed E-state index contributed by atoms with van der Waals surface area (Å²) < 4.78 is 4.92. The summed E-state index contributed by atoms with van der Waals surface area (Å²) in [7, 11) is 1.61. The van der Waals surface area contributed by atoms with E-state index in [2.05, 4.69) is 5.32 Å². The number of nitrogens with zero attached hydrogens (tertiary/aromatic N) is 1. The molecule has 6 nitrogen and oxygen atoms in total. The fraction of sp³-hybridized carbons (Fsp3) is 0.538. The predicted octanol–water partition coefficient (Wildman–Crippen LogP) is 2.06. The lowest BCUT2D eigenvalue weighted by Crippen LogP contribution is -2.56. The van der Waals surface area contributed by atoms with Gasteiger partial charge in [0.25, 0.3) is 0 Å². The molecule has 6 heteroatoms. The van der Waals surface area contributed by atoms with E-state index in [1.165, 1.54) is 11.2 Å². The van der Waals surface area contributed by atoms with Crippen LogP contribution in [0, 0.1) is 0 Å². The molecule has 1 aromatic rings. The second kappa shape index (κ2) is 6.26. The van der Waals surface area contributed by atoms with Gasteiger partial charge in [-0.25, -0.2) is 9.59 Å². The molecule has 0 spiro atoms. The first-order valence-corrected chi connectivity index (χ1v) is 6.23. The lowest BCUT2D eigenvalue weighted by molar-refractivity contribution is -0.144. The van der Waals surface area contributed by atoms with Crippen LogP contribution in [0.15, 0.2) is 23.0 Å². The highest BCUT2D eigenvalue weighted by molar-refractivity contribution is 5.86. The van der Waals surface area contributed by atoms with Crippen LogP contribution in [0.3, 0.4) is 0 Å². The fourth-order valence-corrected chi connectivity index (χ4v) is 1.81. The average Bonchev–Trinajstić information content (AvgIpc) is 2.88. The van der Waals surface area contributed by atoms with Gasteiger partial charge in [0.2, 0.25) is 0 Å². The zero-order valence-electron chi connectivity index (χ0n) is 11.5. The minimum absolute atomic E-state index is 0.337. The number of aliphatic carboxylic acids is 1. The Hall–Kier alpha value is -1.98. The van der Waals surface area contributed by atoms with Crippen LogP contribution in [-0.4, -0.2) is 34.6 Å². The summed E-state index contributed by atoms with van der Waals surface area (Å²) in [6.07, 6.45) is 3.75. The van der Waals surface area contributed by atoms with E-state index < -0.39 is 17.5 Å². The summed E-state index contributed by atoms with van der Waals surface area (Å²) in [6.45, 7) is 3.85. The van der Waals surface area contributed by atoms with E-state index in [4.69, 9.17) is 4.42 Å². The van der Waals surface area contributed by atoms with E-state index in [1.807, 2.05) is 0 Å². The molecule has 0 fully saturated rings. The Morgan fingerprint density at radius 3 is 2.47 bits per heavy atom. The van der Waals surface area contributed by atoms with Crippen LogP contribution in [-0.2, 0) is 11.3 Å². The summed E-state index contributed by atoms with van der Waals surface area (Å²) in [5.74, 6) is -1.01. The topological polar surface area (TPSA) is 82.8 Å². The number of carboxylic acid groups (broad SMARTS) is 1. The van der Waals surface area contributed by atoms with E-state index in [0.29, 0.717) is 19.4 Å². The van der Waals surface area contributed by atoms with E-state index in [0.717, 1.165) is 5.56 Å². The molecule has 0 saturated carbocycles. The molecule has 2 N–H and O–H groups in total. The van der Waals surface area contributed by atoms with E-state index in [1.54, 1.807) is 33.2 Å². The molecule has 1 heterocycles. The Morgan fingerprint density at radius 1 is 1.42 bits per heavy atom. The van der Waals surface area contributed by atoms with Gasteiger partial charge in [0.05, 0.1) is 19.1 Å². The van der Waals surface area contributed by atoms with Crippen molar-refractivity contribution in [3.8, 4) is 0 Å². The Balaban J connectivity index is 2.69. The molecule has 1 rings (SSSR count). The van der Waals surface area contributed by atoms with Gasteiger partial charge in [-0.15, -0.1) is 0 Å². The van der Waals surface area contributed by atoms with Crippen LogP contribution in [0.25, 0.3) is 0 Å². The van der Waals surface area contributed by atoms with Crippen molar-refractivity contribution in [1.29, 1.82) is 0 Å². The number of urea groups is 1. The van der Waals surface area contributed by atoms with Crippen LogP contribution >= 0.6 is 0 Å². The molecule has 2 amide bonds. The summed E-state index contributed by atoms with van der Waals surface area (Å²) in [6, 6.07) is 1.35. The lowest BCUT2D eigenvalue weighted by Gasteiger charge is -2.30. The zero-order valence-corrected chi connectivity index (χ0v) is 11.5. The molecule has 106 valence electrons. The normalized spacial score (nSPS) is 11.1. The molecule has 0 unspecified atom stereocenters. The summed E-state index contributed by atoms with van der Waals surface area (Å²) in [4.78, 5) is 24.8. The largest absolute Gasteiger partial charge is 0.480 e. The van der Waals surface area contributed by atoms with Gasteiger partial charge in [0, 0.05) is 12.6 Å². The van der Waals surface area contributed by atoms with Gasteiger partial charge < -0.3 is 19.7 Å². The Kier molecular flexibility index (Phi) is 4.97. The van der Waals surface area contributed by atoms with Crippen molar-refractivity contribution in [3.05, 3.63) is 24.2 Å². The van der Waals surface area contributed by atoms with Crippen molar-refractivity contribution in [2.24, 2.45) is 0 Å². The highest BCUT2D eigenvalue weighted by Crippen LogP contribution is 2.16. The molecule has 0 aliphatic carbocycles. The Labute approximate surface area is 112 Å². The maximum atomic E-state index is 12.0. The van der Waals surface area contributed by atoms with Crippen LogP contribution in [0.4, 0.5) is 4.79 Å². The molecule has 0 atom stereocenters. The maximum absolute atomic E-state index is 12.0. The molecule has 0 radical (unpaired) electrons. The Morgan fingerprint density at radius 2 is 2.05 bits per heavy atom. The van der Waals surface area contributed by atoms with Crippen molar-refractivity contribution in [1.82, 2.24) is 10.2 Å². The fourth-order valence-electron chi connectivity index (χ4n) is 1.81. The molecule has 0 saturated heterocycles. The van der Waals surface area contributed by atoms with Crippen LogP contribution in [0.1, 0.15) is 32.3 Å². The van der Waals surface area contributed by atoms with E-state index in [9.17, 15) is 14.7 Å². The van der Waals surface area contributed by atoms with Crippen molar-refractivity contribution in [3.63, 3.8) is 0 Å². The maximum Gasteiger partial charge on any atom is 0.329 e. The number of hydrogen-bond donors (Lipinski definition) is 2. The third-order valence-corrected chi connectivity index (χ3v) is 3.31. The van der Waals surface area contributed by atoms with E-state index >= 15 is 0 Å². The third kappa shape index (κ3) is 3.49. The molecule has 0 aliphatic rings. The summed E-state index contributed by atoms with van der Waals surface area (Å²) >= 11 is 0. The average molecular weight is 268 g/mol. The monoisotopic (exact) mass is 268 g/mol. The van der Waals surface area contributed by atoms with Gasteiger partial charge in [-0.3, -0.25) is 0 Å². The summed E-state index contributed by atoms with van der Waals surface area (Å²) in [5.41, 5.74) is -0.353. The number of nitrogens with one attached hydrogen (secondary N) is 1. The zero-order chi connectivity index (χ0) is 14.5. The first kappa shape index (κ1) is 15.1. The predicted molar refractivity (Wildman–Crippen MR) is 69.7 cm³/mol. The van der Waals surface area contributed by atoms with Gasteiger partial charge in [-0.1, -0.05) is 13.8 Å². The van der Waals surface area contributed by atoms with Gasteiger partial charge in [0.1, 0.15) is 5.54 Å². The van der Waals surface area contributed by atoms with Gasteiger partial charge in [-0.2, -0.15) is 0 Å². The minimum atomic E-state index is -1.21. The molecule has 0 aromatic carbocycles. The number of carboxylic acids is 1. The second-order valence-electron chi connectivity index (χ2n) is 4.51. The molecule has 1 aromatic heterocycles. The quantitative estimate of drug-likeness (QED) is 0.827. The molecular formula is C13H20N2O4. The first-order chi connectivity index (χ1) is 8.95. The van der Waals surface area contributed by atoms with Crippen molar-refractivity contribution < 1.29 is 19.1 Å². The van der Waals surface area contributed by atoms with Crippen LogP contribution in [0.5, 0.6) is 0 Å². The highest BCUT2D eigenvalue weighted by atomic mass is 16.4. The number of rotatable bonds is 6. The van der Waals surface area contributed by atoms with Gasteiger partial charge in [0.15, 0.2) is 0 Å². The summed E-state index contributed by atoms with van der Waals surface area (Å²) in [5, 5.41) is 11.9. The molecule has 0 aliphatic heterocycles. The Bertz CT molecular complexity index is 424. The smallest absolute Gasteiger partial charge is 0.329 e. The minimum Gasteiger partial charge on any atom is -0.480 e. The van der Waals surface area contributed by atoms with Crippen molar-refractivity contribution in [2.45, 2.75) is 38.8 Å². The van der Waals surface area contributed by atoms with E-state index in [-0.39, 0.29) is 0 Å². The van der Waals surface area contributed by atoms with Gasteiger partial charge in [-0.05, 0) is 18.9 Å². The van der Waals surface area contributed by atoms with Crippen LogP contribution < -0.4 is 5.32 Å². The SMILES string of the molecule is CCC(CC)(NC(=O)N(C)Cc1ccoc1)C(=O)O. The molecular weight excluding hydrogens is 248 g/mol. The highest BCUT2D eigenvalue weighted by Gasteiger charge is 2.37. The standard InChI is InChI=1S/C13H20N2O4/c1-4-13(5-2,11(16)17)14-12(18)15(3)8-10-6-7-19-9-10/h6-7,9H,4-5,8H2,1-3H3,(H,14,18)(H,16,17). The second-order valence-corrected chi connectivity index (χ2v) is 4.51. The number of amides is 2. The third-order valence-electron chi connectivity index (χ3n) is 3.31. The number of furan rings is 1. The number of hydrogen-bond acceptors (Lipinski definition) is 3. The number of carbonyl (C=O) groups is 2. The van der Waals surface area contributed by atoms with Crippen LogP contribution in [0.2, 0.25) is 0 Å². The van der Waals surface area contributed by atoms with Gasteiger partial charge >= 0.3 is 12.0 Å². The van der Waals surface area contributed by atoms with Crippen molar-refractivity contribution in [2.75, 3.05) is 7.05 Å². The molecule has 19 heavy (non-hydrogen) atoms. The lowest BCUT2D eigenvalue weighted by atomic mass is 9.93. The first-order valence-electron chi connectivity index (χ1n) is 6.23. The van der Waals surface area contributed by atoms with Crippen molar-refractivity contribution >= 4 is 12.0 Å².